The molecule has 5 heteroatoms. The third-order valence-corrected chi connectivity index (χ3v) is 6.12. The summed E-state index contributed by atoms with van der Waals surface area (Å²) in [5, 5.41) is 12.3. The highest BCUT2D eigenvalue weighted by Crippen LogP contribution is 2.36. The zero-order valence-electron chi connectivity index (χ0n) is 15.9. The van der Waals surface area contributed by atoms with Crippen molar-refractivity contribution in [2.24, 2.45) is 0 Å². The van der Waals surface area contributed by atoms with Crippen LogP contribution in [0.2, 0.25) is 0 Å². The van der Waals surface area contributed by atoms with E-state index in [4.69, 9.17) is 4.98 Å². The van der Waals surface area contributed by atoms with Gasteiger partial charge in [-0.1, -0.05) is 72.8 Å². The van der Waals surface area contributed by atoms with Crippen LogP contribution < -0.4 is 0 Å². The first-order chi connectivity index (χ1) is 14.7. The molecule has 0 aliphatic heterocycles. The molecule has 5 rings (SSSR count). The lowest BCUT2D eigenvalue weighted by Crippen LogP contribution is -1.91. The van der Waals surface area contributed by atoms with Gasteiger partial charge in [0.25, 0.3) is 5.69 Å². The zero-order chi connectivity index (χ0) is 20.5. The van der Waals surface area contributed by atoms with Crippen molar-refractivity contribution in [1.29, 1.82) is 0 Å². The Morgan fingerprint density at radius 2 is 1.33 bits per heavy atom. The van der Waals surface area contributed by atoms with Crippen LogP contribution in [-0.2, 0) is 0 Å². The lowest BCUT2D eigenvalue weighted by Gasteiger charge is -2.02. The Bertz CT molecular complexity index is 1360. The number of para-hydroxylation sites is 1. The number of nitro benzene ring substituents is 1. The summed E-state index contributed by atoms with van der Waals surface area (Å²) in [5.74, 6) is 0. The van der Waals surface area contributed by atoms with E-state index in [1.54, 1.807) is 23.5 Å². The third kappa shape index (κ3) is 3.36. The molecule has 0 unspecified atom stereocenters. The molecule has 0 bridgehead atoms. The van der Waals surface area contributed by atoms with Gasteiger partial charge in [0.15, 0.2) is 0 Å². The first-order valence-corrected chi connectivity index (χ1v) is 10.3. The normalized spacial score (nSPS) is 10.9. The molecule has 0 atom stereocenters. The van der Waals surface area contributed by atoms with Crippen LogP contribution in [-0.4, -0.2) is 9.91 Å². The molecule has 0 aliphatic rings. The Labute approximate surface area is 177 Å². The van der Waals surface area contributed by atoms with Crippen LogP contribution in [0.4, 0.5) is 5.69 Å². The van der Waals surface area contributed by atoms with Gasteiger partial charge in [-0.05, 0) is 34.9 Å². The fraction of sp³-hybridized carbons (Fsp3) is 0. The van der Waals surface area contributed by atoms with Gasteiger partial charge in [0.2, 0.25) is 0 Å². The molecule has 30 heavy (non-hydrogen) atoms. The number of fused-ring (bicyclic) bond motifs is 1. The van der Waals surface area contributed by atoms with Crippen LogP contribution >= 0.6 is 11.3 Å². The standard InChI is InChI=1S/C25H16N2O2S/c28-27(29)23-9-5-4-8-21(23)20-14-15-24-22(16-20)26-25(30-24)19-12-10-18(11-13-19)17-6-2-1-3-7-17/h1-16H. The maximum Gasteiger partial charge on any atom is 0.277 e. The molecule has 144 valence electrons. The Hall–Kier alpha value is -3.83. The lowest BCUT2D eigenvalue weighted by atomic mass is 10.0. The monoisotopic (exact) mass is 408 g/mol. The largest absolute Gasteiger partial charge is 0.277 e. The molecule has 0 N–H and O–H groups in total. The molecule has 4 aromatic carbocycles. The van der Waals surface area contributed by atoms with Gasteiger partial charge in [-0.2, -0.15) is 0 Å². The molecule has 0 radical (unpaired) electrons. The van der Waals surface area contributed by atoms with Crippen molar-refractivity contribution >= 4 is 27.2 Å². The minimum absolute atomic E-state index is 0.101. The van der Waals surface area contributed by atoms with Crippen molar-refractivity contribution in [3.05, 3.63) is 107 Å². The van der Waals surface area contributed by atoms with E-state index in [-0.39, 0.29) is 10.6 Å². The van der Waals surface area contributed by atoms with Crippen molar-refractivity contribution in [2.75, 3.05) is 0 Å². The first-order valence-electron chi connectivity index (χ1n) is 9.49. The van der Waals surface area contributed by atoms with Crippen molar-refractivity contribution in [3.8, 4) is 32.8 Å². The van der Waals surface area contributed by atoms with Crippen LogP contribution in [0.3, 0.4) is 0 Å². The van der Waals surface area contributed by atoms with Crippen molar-refractivity contribution < 1.29 is 4.92 Å². The molecule has 0 aliphatic carbocycles. The maximum absolute atomic E-state index is 11.4. The topological polar surface area (TPSA) is 56.0 Å². The number of rotatable bonds is 4. The summed E-state index contributed by atoms with van der Waals surface area (Å²) < 4.78 is 1.06. The summed E-state index contributed by atoms with van der Waals surface area (Å²) in [6.07, 6.45) is 0. The van der Waals surface area contributed by atoms with E-state index in [0.29, 0.717) is 5.56 Å². The molecule has 1 heterocycles. The van der Waals surface area contributed by atoms with Gasteiger partial charge in [-0.15, -0.1) is 11.3 Å². The molecule has 4 nitrogen and oxygen atoms in total. The zero-order valence-corrected chi connectivity index (χ0v) is 16.7. The van der Waals surface area contributed by atoms with E-state index in [2.05, 4.69) is 36.4 Å². The molecule has 5 aromatic rings. The Balaban J connectivity index is 1.51. The highest BCUT2D eigenvalue weighted by atomic mass is 32.1. The maximum atomic E-state index is 11.4. The van der Waals surface area contributed by atoms with E-state index < -0.39 is 0 Å². The van der Waals surface area contributed by atoms with E-state index in [0.717, 1.165) is 26.4 Å². The molecule has 0 spiro atoms. The average molecular weight is 408 g/mol. The lowest BCUT2D eigenvalue weighted by molar-refractivity contribution is -0.384. The molecule has 0 saturated heterocycles. The molecule has 0 fully saturated rings. The third-order valence-electron chi connectivity index (χ3n) is 5.04. The van der Waals surface area contributed by atoms with E-state index >= 15 is 0 Å². The molecule has 0 amide bonds. The van der Waals surface area contributed by atoms with Crippen molar-refractivity contribution in [2.45, 2.75) is 0 Å². The van der Waals surface area contributed by atoms with Crippen LogP contribution in [0, 0.1) is 10.1 Å². The number of nitrogens with zero attached hydrogens (tertiary/aromatic N) is 2. The number of nitro groups is 1. The summed E-state index contributed by atoms with van der Waals surface area (Å²) in [6, 6.07) is 31.3. The quantitative estimate of drug-likeness (QED) is 0.233. The number of thiazole rings is 1. The fourth-order valence-corrected chi connectivity index (χ4v) is 4.48. The number of hydrogen-bond acceptors (Lipinski definition) is 4. The van der Waals surface area contributed by atoms with Gasteiger partial charge in [0, 0.05) is 11.6 Å². The van der Waals surface area contributed by atoms with E-state index in [1.807, 2.05) is 42.5 Å². The van der Waals surface area contributed by atoms with Crippen LogP contribution in [0.1, 0.15) is 0 Å². The van der Waals surface area contributed by atoms with E-state index in [9.17, 15) is 10.1 Å². The predicted molar refractivity (Wildman–Crippen MR) is 123 cm³/mol. The Morgan fingerprint density at radius 3 is 2.10 bits per heavy atom. The number of aromatic nitrogens is 1. The summed E-state index contributed by atoms with van der Waals surface area (Å²) in [4.78, 5) is 15.8. The van der Waals surface area contributed by atoms with E-state index in [1.165, 1.54) is 17.2 Å². The average Bonchev–Trinajstić information content (AvgIpc) is 3.23. The second-order valence-electron chi connectivity index (χ2n) is 6.92. The van der Waals surface area contributed by atoms with Crippen molar-refractivity contribution in [1.82, 2.24) is 4.98 Å². The number of hydrogen-bond donors (Lipinski definition) is 0. The van der Waals surface area contributed by atoms with Gasteiger partial charge >= 0.3 is 0 Å². The minimum Gasteiger partial charge on any atom is -0.258 e. The van der Waals surface area contributed by atoms with Gasteiger partial charge in [0.1, 0.15) is 5.01 Å². The highest BCUT2D eigenvalue weighted by molar-refractivity contribution is 7.21. The van der Waals surface area contributed by atoms with Gasteiger partial charge in [0.05, 0.1) is 20.7 Å². The summed E-state index contributed by atoms with van der Waals surface area (Å²) in [6.45, 7) is 0. The SMILES string of the molecule is O=[N+]([O-])c1ccccc1-c1ccc2sc(-c3ccc(-c4ccccc4)cc3)nc2c1. The summed E-state index contributed by atoms with van der Waals surface area (Å²) >= 11 is 1.62. The minimum atomic E-state index is -0.347. The van der Waals surface area contributed by atoms with Crippen LogP contribution in [0.15, 0.2) is 97.1 Å². The van der Waals surface area contributed by atoms with Gasteiger partial charge in [-0.25, -0.2) is 4.98 Å². The summed E-state index contributed by atoms with van der Waals surface area (Å²) in [5.41, 5.74) is 5.75. The van der Waals surface area contributed by atoms with Crippen molar-refractivity contribution in [3.63, 3.8) is 0 Å². The number of benzene rings is 4. The second-order valence-corrected chi connectivity index (χ2v) is 7.95. The second kappa shape index (κ2) is 7.54. The van der Waals surface area contributed by atoms with Crippen LogP contribution in [0.25, 0.3) is 43.0 Å². The summed E-state index contributed by atoms with van der Waals surface area (Å²) in [7, 11) is 0. The first kappa shape index (κ1) is 18.2. The Kier molecular flexibility index (Phi) is 4.58. The molecular weight excluding hydrogens is 392 g/mol. The Morgan fingerprint density at radius 1 is 0.700 bits per heavy atom. The van der Waals surface area contributed by atoms with Crippen LogP contribution in [0.5, 0.6) is 0 Å². The fourth-order valence-electron chi connectivity index (χ4n) is 3.53. The predicted octanol–water partition coefficient (Wildman–Crippen LogP) is 7.21. The molecule has 0 saturated carbocycles. The van der Waals surface area contributed by atoms with Gasteiger partial charge in [-0.3, -0.25) is 10.1 Å². The van der Waals surface area contributed by atoms with Gasteiger partial charge < -0.3 is 0 Å². The molecular formula is C25H16N2O2S. The smallest absolute Gasteiger partial charge is 0.258 e. The molecule has 1 aromatic heterocycles. The highest BCUT2D eigenvalue weighted by Gasteiger charge is 2.15.